The highest BCUT2D eigenvalue weighted by molar-refractivity contribution is 7.95. The number of hydrogen-bond donors (Lipinski definition) is 0. The third-order valence-electron chi connectivity index (χ3n) is 8.42. The lowest BCUT2D eigenvalue weighted by Gasteiger charge is -2.22. The van der Waals surface area contributed by atoms with Crippen molar-refractivity contribution in [2.24, 2.45) is 0 Å². The van der Waals surface area contributed by atoms with Gasteiger partial charge in [-0.2, -0.15) is 0 Å². The van der Waals surface area contributed by atoms with Gasteiger partial charge in [-0.1, -0.05) is 72.3 Å². The molecule has 0 spiro atoms. The molecule has 256 valence electrons. The van der Waals surface area contributed by atoms with Crippen molar-refractivity contribution in [1.29, 1.82) is 0 Å². The molecule has 0 N–H and O–H groups in total. The summed E-state index contributed by atoms with van der Waals surface area (Å²) in [7, 11) is 4.64. The van der Waals surface area contributed by atoms with Crippen LogP contribution in [0.5, 0.6) is 23.0 Å². The molecule has 1 heterocycles. The summed E-state index contributed by atoms with van der Waals surface area (Å²) < 4.78 is 26.8. The molecule has 0 aliphatic carbocycles. The smallest absolute Gasteiger partial charge is 0.341 e. The molecule has 0 radical (unpaired) electrons. The lowest BCUT2D eigenvalue weighted by Crippen LogP contribution is -2.30. The summed E-state index contributed by atoms with van der Waals surface area (Å²) in [4.78, 5) is 17.2. The summed E-state index contributed by atoms with van der Waals surface area (Å²) in [6.07, 6.45) is 0. The number of carbonyl (C=O) groups is 1. The molecule has 7 nitrogen and oxygen atoms in total. The fourth-order valence-electron chi connectivity index (χ4n) is 5.87. The summed E-state index contributed by atoms with van der Waals surface area (Å²) >= 11 is 6.45. The molecule has 50 heavy (non-hydrogen) atoms. The quantitative estimate of drug-likeness (QED) is 0.0804. The van der Waals surface area contributed by atoms with E-state index in [0.29, 0.717) is 45.0 Å². The van der Waals surface area contributed by atoms with Gasteiger partial charge in [0.1, 0.15) is 33.9 Å². The summed E-state index contributed by atoms with van der Waals surface area (Å²) in [5.74, 6) is 1.48. The van der Waals surface area contributed by atoms with Crippen molar-refractivity contribution in [2.45, 2.75) is 6.92 Å². The fraction of sp³-hybridized carbons (Fsp3) is 0.171. The van der Waals surface area contributed by atoms with E-state index in [9.17, 15) is 4.79 Å². The zero-order valence-electron chi connectivity index (χ0n) is 29.0. The highest BCUT2D eigenvalue weighted by Crippen LogP contribution is 2.51. The first kappa shape index (κ1) is 36.2. The minimum absolute atomic E-state index is 0.0259. The van der Waals surface area contributed by atoms with Crippen LogP contribution in [0.3, 0.4) is 0 Å². The number of hydrogen-bond acceptors (Lipinski definition) is 7. The molecule has 0 aliphatic rings. The number of rotatable bonds is 10. The van der Waals surface area contributed by atoms with E-state index in [0.717, 1.165) is 0 Å². The second kappa shape index (κ2) is 16.5. The topological polar surface area (TPSA) is 76.1 Å². The van der Waals surface area contributed by atoms with Gasteiger partial charge in [0, 0.05) is 17.0 Å². The van der Waals surface area contributed by atoms with Crippen LogP contribution in [0.1, 0.15) is 17.3 Å². The lowest BCUT2D eigenvalue weighted by molar-refractivity contribution is 0.0527. The average Bonchev–Trinajstić information content (AvgIpc) is 3.17. The van der Waals surface area contributed by atoms with Crippen LogP contribution >= 0.6 is 18.9 Å². The van der Waals surface area contributed by atoms with Crippen LogP contribution in [0.25, 0.3) is 22.0 Å². The molecule has 6 aromatic rings. The maximum absolute atomic E-state index is 12.8. The van der Waals surface area contributed by atoms with Crippen molar-refractivity contribution in [1.82, 2.24) is 4.98 Å². The highest BCUT2D eigenvalue weighted by Gasteiger charge is 2.39. The van der Waals surface area contributed by atoms with E-state index < -0.39 is 13.2 Å². The van der Waals surface area contributed by atoms with E-state index >= 15 is 0 Å². The van der Waals surface area contributed by atoms with Gasteiger partial charge >= 0.3 is 5.97 Å². The van der Waals surface area contributed by atoms with Crippen molar-refractivity contribution in [3.8, 4) is 34.1 Å². The Labute approximate surface area is 299 Å². The first-order chi connectivity index (χ1) is 24.3. The van der Waals surface area contributed by atoms with Gasteiger partial charge in [0.2, 0.25) is 0 Å². The average molecular weight is 709 g/mol. The Balaban J connectivity index is 0.000000210. The number of benzene rings is 5. The Kier molecular flexibility index (Phi) is 12.0. The van der Waals surface area contributed by atoms with E-state index in [2.05, 4.69) is 103 Å². The third-order valence-corrected chi connectivity index (χ3v) is 12.7. The molecule has 0 bridgehead atoms. The molecule has 1 aromatic heterocycles. The van der Waals surface area contributed by atoms with Gasteiger partial charge in [-0.3, -0.25) is 0 Å². The van der Waals surface area contributed by atoms with Crippen molar-refractivity contribution < 1.29 is 28.5 Å². The van der Waals surface area contributed by atoms with Gasteiger partial charge in [0.25, 0.3) is 0 Å². The molecule has 0 saturated heterocycles. The lowest BCUT2D eigenvalue weighted by atomic mass is 9.95. The second-order valence-corrected chi connectivity index (χ2v) is 15.1. The Morgan fingerprint density at radius 3 is 1.56 bits per heavy atom. The normalized spacial score (nSPS) is 10.9. The van der Waals surface area contributed by atoms with Gasteiger partial charge in [-0.15, -0.1) is 0 Å². The Hall–Kier alpha value is -5.10. The van der Waals surface area contributed by atoms with E-state index in [-0.39, 0.29) is 17.3 Å². The molecular weight excluding hydrogens is 669 g/mol. The molecule has 0 atom stereocenters. The first-order valence-electron chi connectivity index (χ1n) is 16.0. The van der Waals surface area contributed by atoms with Crippen LogP contribution in [0.2, 0.25) is 5.15 Å². The third kappa shape index (κ3) is 7.40. The molecule has 0 saturated carbocycles. The van der Waals surface area contributed by atoms with Gasteiger partial charge in [-0.25, -0.2) is 9.78 Å². The molecule has 0 fully saturated rings. The highest BCUT2D eigenvalue weighted by atomic mass is 35.5. The monoisotopic (exact) mass is 708 g/mol. The fourth-order valence-corrected chi connectivity index (χ4v) is 9.33. The summed E-state index contributed by atoms with van der Waals surface area (Å²) in [5, 5.41) is 4.96. The number of carbonyl (C=O) groups excluding carboxylic acids is 1. The maximum Gasteiger partial charge on any atom is 0.341 e. The van der Waals surface area contributed by atoms with E-state index in [1.807, 2.05) is 6.07 Å². The number of esters is 1. The Morgan fingerprint density at radius 1 is 0.640 bits per heavy atom. The zero-order valence-corrected chi connectivity index (χ0v) is 30.6. The van der Waals surface area contributed by atoms with Gasteiger partial charge in [0.05, 0.1) is 47.2 Å². The maximum atomic E-state index is 12.8. The number of aromatic nitrogens is 1. The van der Waals surface area contributed by atoms with E-state index in [4.69, 9.17) is 35.3 Å². The SMILES string of the molecule is CCOC(=O)c1c(Cl)nc2cc(OC)c(OC)cc2c1-c1ccc(OC)c(OC)c1.C[P+](c1ccccc1)(c1ccccc1)c1ccccc1. The van der Waals surface area contributed by atoms with Crippen LogP contribution in [0, 0.1) is 0 Å². The van der Waals surface area contributed by atoms with Gasteiger partial charge < -0.3 is 23.7 Å². The van der Waals surface area contributed by atoms with Crippen LogP contribution in [-0.4, -0.2) is 52.7 Å². The van der Waals surface area contributed by atoms with E-state index in [1.165, 1.54) is 30.1 Å². The van der Waals surface area contributed by atoms with Crippen LogP contribution in [0.15, 0.2) is 121 Å². The minimum Gasteiger partial charge on any atom is -0.493 e. The van der Waals surface area contributed by atoms with Crippen molar-refractivity contribution >= 4 is 51.6 Å². The number of halogens is 1. The Morgan fingerprint density at radius 2 is 1.10 bits per heavy atom. The standard InChI is InChI=1S/C22H22ClNO6.C19H18P/c1-6-30-22(25)20-19(12-7-8-15(26-2)16(9-12)27-3)13-10-17(28-4)18(29-5)11-14(13)24-21(20)23;1-20(17-11-5-2-6-12-17,18-13-7-3-8-14-18)19-15-9-4-10-16-19/h7-11H,6H2,1-5H3;2-16H,1H3/q;+1. The predicted octanol–water partition coefficient (Wildman–Crippen LogP) is 8.38. The molecule has 6 rings (SSSR count). The number of ether oxygens (including phenoxy) is 5. The molecule has 0 amide bonds. The van der Waals surface area contributed by atoms with Gasteiger partial charge in [0.15, 0.2) is 23.0 Å². The number of fused-ring (bicyclic) bond motifs is 1. The number of nitrogens with zero attached hydrogens (tertiary/aromatic N) is 1. The van der Waals surface area contributed by atoms with Crippen molar-refractivity contribution in [2.75, 3.05) is 41.7 Å². The minimum atomic E-state index is -1.53. The molecular formula is C41H40ClNO6P+. The number of pyridine rings is 1. The molecule has 5 aromatic carbocycles. The van der Waals surface area contributed by atoms with Crippen molar-refractivity contribution in [3.05, 3.63) is 132 Å². The number of methoxy groups -OCH3 is 4. The van der Waals surface area contributed by atoms with Gasteiger partial charge in [-0.05, 0) is 67.1 Å². The van der Waals surface area contributed by atoms with E-state index in [1.54, 1.807) is 45.4 Å². The van der Waals surface area contributed by atoms with Crippen LogP contribution < -0.4 is 34.9 Å². The van der Waals surface area contributed by atoms with Crippen molar-refractivity contribution in [3.63, 3.8) is 0 Å². The summed E-state index contributed by atoms with van der Waals surface area (Å²) in [6, 6.07) is 41.4. The summed E-state index contributed by atoms with van der Waals surface area (Å²) in [6.45, 7) is 4.34. The second-order valence-electron chi connectivity index (χ2n) is 11.2. The first-order valence-corrected chi connectivity index (χ1v) is 18.6. The molecule has 0 unspecified atom stereocenters. The zero-order chi connectivity index (χ0) is 35.7. The predicted molar refractivity (Wildman–Crippen MR) is 205 cm³/mol. The van der Waals surface area contributed by atoms with Crippen LogP contribution in [-0.2, 0) is 4.74 Å². The molecule has 9 heteroatoms. The van der Waals surface area contributed by atoms with Crippen LogP contribution in [0.4, 0.5) is 0 Å². The molecule has 0 aliphatic heterocycles. The summed E-state index contributed by atoms with van der Waals surface area (Å²) in [5.41, 5.74) is 1.92. The largest absolute Gasteiger partial charge is 0.493 e. The Bertz CT molecular complexity index is 1960.